The summed E-state index contributed by atoms with van der Waals surface area (Å²) in [6.07, 6.45) is 2.00. The number of aliphatic hydroxyl groups excluding tert-OH is 1. The van der Waals surface area contributed by atoms with Crippen molar-refractivity contribution in [1.29, 1.82) is 0 Å². The van der Waals surface area contributed by atoms with Crippen LogP contribution in [0.15, 0.2) is 42.1 Å². The van der Waals surface area contributed by atoms with Crippen LogP contribution in [0.5, 0.6) is 0 Å². The van der Waals surface area contributed by atoms with Crippen molar-refractivity contribution < 1.29 is 5.11 Å². The zero-order valence-electron chi connectivity index (χ0n) is 8.20. The summed E-state index contributed by atoms with van der Waals surface area (Å²) in [7, 11) is 0. The van der Waals surface area contributed by atoms with Crippen LogP contribution in [0, 0.1) is 0 Å². The summed E-state index contributed by atoms with van der Waals surface area (Å²) in [6, 6.07) is 12.4. The Kier molecular flexibility index (Phi) is 1.76. The molecule has 0 radical (unpaired) electrons. The molecule has 0 fully saturated rings. The van der Waals surface area contributed by atoms with Gasteiger partial charge in [0.15, 0.2) is 0 Å². The van der Waals surface area contributed by atoms with E-state index in [0.29, 0.717) is 0 Å². The minimum atomic E-state index is 0.0464. The molecule has 3 rings (SSSR count). The first-order valence-corrected chi connectivity index (χ1v) is 4.99. The molecule has 0 spiro atoms. The molecule has 2 N–H and O–H groups in total. The van der Waals surface area contributed by atoms with Gasteiger partial charge in [-0.3, -0.25) is 0 Å². The Morgan fingerprint density at radius 3 is 2.67 bits per heavy atom. The van der Waals surface area contributed by atoms with Crippen LogP contribution in [-0.2, 0) is 0 Å². The van der Waals surface area contributed by atoms with Gasteiger partial charge in [-0.05, 0) is 23.1 Å². The van der Waals surface area contributed by atoms with Gasteiger partial charge >= 0.3 is 0 Å². The Morgan fingerprint density at radius 1 is 1.07 bits per heavy atom. The van der Waals surface area contributed by atoms with Crippen LogP contribution in [0.2, 0.25) is 0 Å². The fourth-order valence-corrected chi connectivity index (χ4v) is 2.08. The molecule has 1 aliphatic heterocycles. The van der Waals surface area contributed by atoms with E-state index in [0.717, 1.165) is 11.4 Å². The van der Waals surface area contributed by atoms with E-state index in [1.807, 2.05) is 24.3 Å². The van der Waals surface area contributed by atoms with Gasteiger partial charge in [0.2, 0.25) is 0 Å². The molecule has 0 unspecified atom stereocenters. The van der Waals surface area contributed by atoms with Crippen LogP contribution < -0.4 is 5.32 Å². The molecule has 0 saturated heterocycles. The average Bonchev–Trinajstić information content (AvgIpc) is 2.29. The third-order valence-corrected chi connectivity index (χ3v) is 2.73. The maximum Gasteiger partial charge on any atom is 0.0831 e. The van der Waals surface area contributed by atoms with Gasteiger partial charge in [0.05, 0.1) is 6.61 Å². The highest BCUT2D eigenvalue weighted by molar-refractivity contribution is 6.03. The fraction of sp³-hybridized carbons (Fsp3) is 0.0769. The lowest BCUT2D eigenvalue weighted by molar-refractivity contribution is 0.333. The SMILES string of the molecule is OCC1=Cc2cccc3cccc(c23)N1. The van der Waals surface area contributed by atoms with E-state index < -0.39 is 0 Å². The number of hydrogen-bond donors (Lipinski definition) is 2. The Bertz CT molecular complexity index is 552. The first-order valence-electron chi connectivity index (χ1n) is 4.99. The van der Waals surface area contributed by atoms with E-state index in [4.69, 9.17) is 5.11 Å². The van der Waals surface area contributed by atoms with Crippen LogP contribution in [-0.4, -0.2) is 11.7 Å². The summed E-state index contributed by atoms with van der Waals surface area (Å²) in [5.74, 6) is 0. The normalized spacial score (nSPS) is 13.5. The zero-order chi connectivity index (χ0) is 10.3. The predicted molar refractivity (Wildman–Crippen MR) is 62.6 cm³/mol. The van der Waals surface area contributed by atoms with Crippen LogP contribution in [0.25, 0.3) is 16.8 Å². The van der Waals surface area contributed by atoms with Crippen molar-refractivity contribution in [3.05, 3.63) is 47.7 Å². The quantitative estimate of drug-likeness (QED) is 0.736. The molecule has 0 saturated carbocycles. The van der Waals surface area contributed by atoms with Crippen LogP contribution in [0.4, 0.5) is 5.69 Å². The molecule has 0 aromatic heterocycles. The summed E-state index contributed by atoms with van der Waals surface area (Å²) >= 11 is 0. The third-order valence-electron chi connectivity index (χ3n) is 2.73. The topological polar surface area (TPSA) is 32.3 Å². The van der Waals surface area contributed by atoms with Gasteiger partial charge in [0.25, 0.3) is 0 Å². The predicted octanol–water partition coefficient (Wildman–Crippen LogP) is 2.60. The lowest BCUT2D eigenvalue weighted by Crippen LogP contribution is -2.07. The van der Waals surface area contributed by atoms with Gasteiger partial charge in [-0.15, -0.1) is 0 Å². The van der Waals surface area contributed by atoms with Crippen molar-refractivity contribution in [2.75, 3.05) is 11.9 Å². The number of nitrogens with one attached hydrogen (secondary N) is 1. The molecule has 0 amide bonds. The highest BCUT2D eigenvalue weighted by Crippen LogP contribution is 2.32. The molecule has 2 heteroatoms. The number of anilines is 1. The molecule has 2 aromatic rings. The van der Waals surface area contributed by atoms with E-state index in [1.54, 1.807) is 0 Å². The average molecular weight is 197 g/mol. The van der Waals surface area contributed by atoms with E-state index in [2.05, 4.69) is 23.5 Å². The monoisotopic (exact) mass is 197 g/mol. The largest absolute Gasteiger partial charge is 0.390 e. The molecule has 0 aliphatic carbocycles. The second-order valence-electron chi connectivity index (χ2n) is 3.70. The van der Waals surface area contributed by atoms with Crippen LogP contribution >= 0.6 is 0 Å². The second-order valence-corrected chi connectivity index (χ2v) is 3.70. The van der Waals surface area contributed by atoms with Crippen molar-refractivity contribution in [2.45, 2.75) is 0 Å². The van der Waals surface area contributed by atoms with Crippen molar-refractivity contribution in [3.63, 3.8) is 0 Å². The first kappa shape index (κ1) is 8.50. The third kappa shape index (κ3) is 1.22. The van der Waals surface area contributed by atoms with Crippen molar-refractivity contribution in [2.24, 2.45) is 0 Å². The molecule has 2 aromatic carbocycles. The number of hydrogen-bond acceptors (Lipinski definition) is 2. The molecular weight excluding hydrogens is 186 g/mol. The van der Waals surface area contributed by atoms with E-state index >= 15 is 0 Å². The van der Waals surface area contributed by atoms with E-state index in [1.165, 1.54) is 16.3 Å². The molecule has 0 atom stereocenters. The van der Waals surface area contributed by atoms with Gasteiger partial charge < -0.3 is 10.4 Å². The highest BCUT2D eigenvalue weighted by Gasteiger charge is 2.11. The van der Waals surface area contributed by atoms with E-state index in [9.17, 15) is 0 Å². The van der Waals surface area contributed by atoms with Crippen LogP contribution in [0.3, 0.4) is 0 Å². The van der Waals surface area contributed by atoms with Crippen molar-refractivity contribution in [1.82, 2.24) is 0 Å². The molecule has 0 bridgehead atoms. The minimum Gasteiger partial charge on any atom is -0.390 e. The van der Waals surface area contributed by atoms with Crippen molar-refractivity contribution >= 4 is 22.5 Å². The molecule has 1 heterocycles. The first-order chi connectivity index (χ1) is 7.38. The summed E-state index contributed by atoms with van der Waals surface area (Å²) in [4.78, 5) is 0. The maximum absolute atomic E-state index is 9.14. The van der Waals surface area contributed by atoms with Crippen molar-refractivity contribution in [3.8, 4) is 0 Å². The van der Waals surface area contributed by atoms with E-state index in [-0.39, 0.29) is 6.61 Å². The fourth-order valence-electron chi connectivity index (χ4n) is 2.08. The number of benzene rings is 2. The Hall–Kier alpha value is -1.80. The lowest BCUT2D eigenvalue weighted by atomic mass is 9.99. The Balaban J connectivity index is 2.38. The van der Waals surface area contributed by atoms with Gasteiger partial charge in [0, 0.05) is 16.8 Å². The molecule has 2 nitrogen and oxygen atoms in total. The lowest BCUT2D eigenvalue weighted by Gasteiger charge is -2.18. The number of aliphatic hydroxyl groups is 1. The standard InChI is InChI=1S/C13H11NO/c15-8-11-7-10-5-1-3-9-4-2-6-12(14-11)13(9)10/h1-7,14-15H,8H2. The Labute approximate surface area is 87.9 Å². The smallest absolute Gasteiger partial charge is 0.0831 e. The summed E-state index contributed by atoms with van der Waals surface area (Å²) in [5.41, 5.74) is 3.10. The summed E-state index contributed by atoms with van der Waals surface area (Å²) in [6.45, 7) is 0.0464. The highest BCUT2D eigenvalue weighted by atomic mass is 16.3. The van der Waals surface area contributed by atoms with Gasteiger partial charge in [-0.25, -0.2) is 0 Å². The zero-order valence-corrected chi connectivity index (χ0v) is 8.20. The van der Waals surface area contributed by atoms with Gasteiger partial charge in [0.1, 0.15) is 0 Å². The number of rotatable bonds is 1. The maximum atomic E-state index is 9.14. The van der Waals surface area contributed by atoms with Gasteiger partial charge in [-0.1, -0.05) is 30.3 Å². The molecule has 74 valence electrons. The molecular formula is C13H11NO. The summed E-state index contributed by atoms with van der Waals surface area (Å²) in [5, 5.41) is 14.8. The minimum absolute atomic E-state index is 0.0464. The van der Waals surface area contributed by atoms with Gasteiger partial charge in [-0.2, -0.15) is 0 Å². The van der Waals surface area contributed by atoms with Crippen LogP contribution in [0.1, 0.15) is 5.56 Å². The molecule has 1 aliphatic rings. The summed E-state index contributed by atoms with van der Waals surface area (Å²) < 4.78 is 0. The Morgan fingerprint density at radius 2 is 1.87 bits per heavy atom. The second kappa shape index (κ2) is 3.11. The molecule has 15 heavy (non-hydrogen) atoms.